The van der Waals surface area contributed by atoms with Crippen molar-refractivity contribution in [3.63, 3.8) is 0 Å². The van der Waals surface area contributed by atoms with Crippen LogP contribution in [0.15, 0.2) is 25.3 Å². The van der Waals surface area contributed by atoms with E-state index in [9.17, 15) is 19.2 Å². The lowest BCUT2D eigenvalue weighted by atomic mass is 9.82. The van der Waals surface area contributed by atoms with Gasteiger partial charge in [0.25, 0.3) is 0 Å². The van der Waals surface area contributed by atoms with Gasteiger partial charge in [0.2, 0.25) is 0 Å². The molecule has 0 heterocycles. The van der Waals surface area contributed by atoms with Gasteiger partial charge in [-0.25, -0.2) is 9.59 Å². The van der Waals surface area contributed by atoms with Crippen LogP contribution in [0.5, 0.6) is 0 Å². The highest BCUT2D eigenvalue weighted by atomic mass is 16.6. The first-order valence-corrected chi connectivity index (χ1v) is 11.5. The summed E-state index contributed by atoms with van der Waals surface area (Å²) >= 11 is 0. The third kappa shape index (κ3) is 14.4. The summed E-state index contributed by atoms with van der Waals surface area (Å²) < 4.78 is 9.95. The minimum absolute atomic E-state index is 0.0399. The molecule has 2 amide bonds. The fraction of sp³-hybridized carbons (Fsp3) is 0.667. The van der Waals surface area contributed by atoms with Crippen molar-refractivity contribution < 1.29 is 28.7 Å². The molecular formula is C24H40N2O6. The van der Waals surface area contributed by atoms with Crippen LogP contribution in [0, 0.1) is 0 Å². The zero-order chi connectivity index (χ0) is 24.2. The van der Waals surface area contributed by atoms with E-state index in [-0.39, 0.29) is 18.2 Å². The lowest BCUT2D eigenvalue weighted by Gasteiger charge is -2.35. The molecule has 0 atom stereocenters. The van der Waals surface area contributed by atoms with Crippen LogP contribution in [-0.4, -0.2) is 49.1 Å². The maximum Gasteiger partial charge on any atom is 0.407 e. The Morgan fingerprint density at radius 3 is 1.75 bits per heavy atom. The molecule has 0 radical (unpaired) electrons. The number of carbonyl (C=O) groups is 4. The van der Waals surface area contributed by atoms with Crippen LogP contribution in [0.3, 0.4) is 0 Å². The number of carbonyl (C=O) groups excluding carboxylic acids is 4. The van der Waals surface area contributed by atoms with Crippen LogP contribution >= 0.6 is 0 Å². The largest absolute Gasteiger partial charge is 0.450 e. The van der Waals surface area contributed by atoms with Gasteiger partial charge in [0, 0.05) is 24.9 Å². The fourth-order valence-electron chi connectivity index (χ4n) is 3.49. The molecule has 0 aromatic carbocycles. The molecule has 0 bridgehead atoms. The molecule has 0 fully saturated rings. The van der Waals surface area contributed by atoms with Crippen molar-refractivity contribution in [3.8, 4) is 0 Å². The lowest BCUT2D eigenvalue weighted by molar-refractivity contribution is -0.115. The van der Waals surface area contributed by atoms with Crippen LogP contribution in [0.1, 0.15) is 78.1 Å². The van der Waals surface area contributed by atoms with Crippen molar-refractivity contribution in [2.45, 2.75) is 83.6 Å². The molecule has 32 heavy (non-hydrogen) atoms. The van der Waals surface area contributed by atoms with Gasteiger partial charge in [0.15, 0.2) is 11.6 Å². The van der Waals surface area contributed by atoms with Gasteiger partial charge in [0.05, 0.1) is 13.2 Å². The normalized spacial score (nSPS) is 10.7. The van der Waals surface area contributed by atoms with Gasteiger partial charge < -0.3 is 20.1 Å². The Balaban J connectivity index is 5.04. The van der Waals surface area contributed by atoms with Crippen LogP contribution in [0.4, 0.5) is 9.59 Å². The van der Waals surface area contributed by atoms with E-state index in [4.69, 9.17) is 9.47 Å². The van der Waals surface area contributed by atoms with Gasteiger partial charge in [0.1, 0.15) is 0 Å². The summed E-state index contributed by atoms with van der Waals surface area (Å²) in [6.45, 7) is 11.6. The van der Waals surface area contributed by atoms with Gasteiger partial charge in [-0.1, -0.05) is 26.0 Å². The zero-order valence-electron chi connectivity index (χ0n) is 19.7. The van der Waals surface area contributed by atoms with Gasteiger partial charge in [-0.05, 0) is 64.5 Å². The summed E-state index contributed by atoms with van der Waals surface area (Å²) in [4.78, 5) is 47.0. The molecule has 182 valence electrons. The molecule has 0 saturated heterocycles. The van der Waals surface area contributed by atoms with E-state index in [0.29, 0.717) is 58.1 Å². The monoisotopic (exact) mass is 452 g/mol. The van der Waals surface area contributed by atoms with Gasteiger partial charge in [-0.15, -0.1) is 0 Å². The summed E-state index contributed by atoms with van der Waals surface area (Å²) in [5.74, 6) is -0.0798. The standard InChI is InChI=1S/C24H40N2O6/c1-5-20(27)14-12-17-24(26-23(30)32-8-4,18-13-15-21(28)6-2)16-10-9-11-19-25-22(29)31-7-3/h5-6H,1-2,7-19H2,3-4H3,(H,25,29)(H,26,30). The average Bonchev–Trinajstić information content (AvgIpc) is 2.76. The number of hydrogen-bond acceptors (Lipinski definition) is 6. The maximum atomic E-state index is 12.3. The van der Waals surface area contributed by atoms with Crippen molar-refractivity contribution in [2.75, 3.05) is 19.8 Å². The SMILES string of the molecule is C=CC(=O)CCCC(CCCCCNC(=O)OCC)(CCCC(=O)C=C)NC(=O)OCC. The van der Waals surface area contributed by atoms with E-state index in [2.05, 4.69) is 23.8 Å². The molecule has 0 aromatic heterocycles. The Kier molecular flexibility index (Phi) is 16.5. The smallest absolute Gasteiger partial charge is 0.407 e. The molecule has 0 spiro atoms. The molecule has 0 unspecified atom stereocenters. The van der Waals surface area contributed by atoms with E-state index in [1.165, 1.54) is 12.2 Å². The Bertz CT molecular complexity index is 592. The quantitative estimate of drug-likeness (QED) is 0.218. The second-order valence-electron chi connectivity index (χ2n) is 7.63. The molecular weight excluding hydrogens is 412 g/mol. The molecule has 2 N–H and O–H groups in total. The summed E-state index contributed by atoms with van der Waals surface area (Å²) in [6, 6.07) is 0. The Labute approximate surface area is 192 Å². The predicted molar refractivity (Wildman–Crippen MR) is 124 cm³/mol. The molecule has 0 aliphatic rings. The van der Waals surface area contributed by atoms with Crippen LogP contribution < -0.4 is 10.6 Å². The minimum atomic E-state index is -0.580. The van der Waals surface area contributed by atoms with Crippen molar-refractivity contribution in [3.05, 3.63) is 25.3 Å². The first kappa shape index (κ1) is 29.4. The highest BCUT2D eigenvalue weighted by Crippen LogP contribution is 2.28. The van der Waals surface area contributed by atoms with E-state index >= 15 is 0 Å². The van der Waals surface area contributed by atoms with Crippen molar-refractivity contribution >= 4 is 23.8 Å². The molecule has 0 rings (SSSR count). The maximum absolute atomic E-state index is 12.3. The average molecular weight is 453 g/mol. The molecule has 0 aromatic rings. The van der Waals surface area contributed by atoms with Crippen LogP contribution in [-0.2, 0) is 19.1 Å². The number of alkyl carbamates (subject to hydrolysis) is 2. The number of amides is 2. The van der Waals surface area contributed by atoms with E-state index in [0.717, 1.165) is 19.3 Å². The summed E-state index contributed by atoms with van der Waals surface area (Å²) in [5.41, 5.74) is -0.580. The molecule has 8 heteroatoms. The van der Waals surface area contributed by atoms with Crippen LogP contribution in [0.2, 0.25) is 0 Å². The van der Waals surface area contributed by atoms with Crippen molar-refractivity contribution in [2.24, 2.45) is 0 Å². The fourth-order valence-corrected chi connectivity index (χ4v) is 3.49. The Hall–Kier alpha value is -2.64. The number of rotatable bonds is 19. The van der Waals surface area contributed by atoms with Gasteiger partial charge >= 0.3 is 12.2 Å². The number of nitrogens with one attached hydrogen (secondary N) is 2. The number of hydrogen-bond donors (Lipinski definition) is 2. The van der Waals surface area contributed by atoms with Crippen molar-refractivity contribution in [1.29, 1.82) is 0 Å². The topological polar surface area (TPSA) is 111 Å². The van der Waals surface area contributed by atoms with Gasteiger partial charge in [-0.3, -0.25) is 9.59 Å². The second kappa shape index (κ2) is 18.0. The first-order chi connectivity index (χ1) is 15.3. The van der Waals surface area contributed by atoms with Crippen LogP contribution in [0.25, 0.3) is 0 Å². The number of allylic oxidation sites excluding steroid dienone is 2. The van der Waals surface area contributed by atoms with Crippen molar-refractivity contribution in [1.82, 2.24) is 10.6 Å². The highest BCUT2D eigenvalue weighted by molar-refractivity contribution is 5.89. The predicted octanol–water partition coefficient (Wildman–Crippen LogP) is 4.63. The number of ketones is 2. The summed E-state index contributed by atoms with van der Waals surface area (Å²) in [6.07, 6.45) is 7.87. The lowest BCUT2D eigenvalue weighted by Crippen LogP contribution is -2.49. The van der Waals surface area contributed by atoms with E-state index in [1.807, 2.05) is 0 Å². The Morgan fingerprint density at radius 1 is 0.750 bits per heavy atom. The second-order valence-corrected chi connectivity index (χ2v) is 7.63. The minimum Gasteiger partial charge on any atom is -0.450 e. The number of ether oxygens (including phenoxy) is 2. The zero-order valence-corrected chi connectivity index (χ0v) is 19.7. The molecule has 0 saturated carbocycles. The summed E-state index contributed by atoms with van der Waals surface area (Å²) in [5, 5.41) is 5.71. The molecule has 0 aliphatic carbocycles. The molecule has 8 nitrogen and oxygen atoms in total. The van der Waals surface area contributed by atoms with Gasteiger partial charge in [-0.2, -0.15) is 0 Å². The molecule has 0 aliphatic heterocycles. The highest BCUT2D eigenvalue weighted by Gasteiger charge is 2.31. The number of unbranched alkanes of at least 4 members (excludes halogenated alkanes) is 2. The third-order valence-electron chi connectivity index (χ3n) is 5.13. The third-order valence-corrected chi connectivity index (χ3v) is 5.13. The Morgan fingerprint density at radius 2 is 1.25 bits per heavy atom. The van der Waals surface area contributed by atoms with E-state index in [1.54, 1.807) is 13.8 Å². The van der Waals surface area contributed by atoms with E-state index < -0.39 is 17.7 Å². The summed E-state index contributed by atoms with van der Waals surface area (Å²) in [7, 11) is 0. The first-order valence-electron chi connectivity index (χ1n) is 11.5.